The minimum Gasteiger partial charge on any atom is -0.477 e. The second-order valence-electron chi connectivity index (χ2n) is 12.0. The molecule has 0 atom stereocenters. The summed E-state index contributed by atoms with van der Waals surface area (Å²) in [4.78, 5) is 55.3. The summed E-state index contributed by atoms with van der Waals surface area (Å²) in [6.07, 6.45) is 2.24. The fourth-order valence-electron chi connectivity index (χ4n) is 5.17. The molecular weight excluding hydrogens is 830 g/mol. The highest BCUT2D eigenvalue weighted by atomic mass is 35.5. The molecule has 0 saturated carbocycles. The van der Waals surface area contributed by atoms with E-state index in [2.05, 4.69) is 35.5 Å². The zero-order valence-corrected chi connectivity index (χ0v) is 31.0. The smallest absolute Gasteiger partial charge is 0.354 e. The van der Waals surface area contributed by atoms with Gasteiger partial charge in [-0.1, -0.05) is 35.9 Å². The molecule has 3 aromatic carbocycles. The molecule has 17 nitrogen and oxygen atoms in total. The molecule has 0 unspecified atom stereocenters. The highest BCUT2D eigenvalue weighted by Gasteiger charge is 2.26. The van der Waals surface area contributed by atoms with E-state index in [1.807, 2.05) is 0 Å². The summed E-state index contributed by atoms with van der Waals surface area (Å²) in [5.41, 5.74) is -0.896. The Kier molecular flexibility index (Phi) is 11.8. The van der Waals surface area contributed by atoms with Crippen LogP contribution in [0.5, 0.6) is 0 Å². The van der Waals surface area contributed by atoms with E-state index in [0.717, 1.165) is 51.6 Å². The average molecular weight is 854 g/mol. The van der Waals surface area contributed by atoms with Crippen molar-refractivity contribution in [1.82, 2.24) is 39.8 Å². The lowest BCUT2D eigenvalue weighted by molar-refractivity contribution is 0.0676. The molecule has 7 aromatic rings. The quantitative estimate of drug-likeness (QED) is 0.111. The fourth-order valence-corrected chi connectivity index (χ4v) is 6.55. The lowest BCUT2D eigenvalue weighted by atomic mass is 10.2. The van der Waals surface area contributed by atoms with Gasteiger partial charge in [0, 0.05) is 31.3 Å². The van der Waals surface area contributed by atoms with E-state index in [0.29, 0.717) is 5.56 Å². The van der Waals surface area contributed by atoms with Gasteiger partial charge >= 0.3 is 11.9 Å². The van der Waals surface area contributed by atoms with Gasteiger partial charge in [0.2, 0.25) is 0 Å². The summed E-state index contributed by atoms with van der Waals surface area (Å²) in [6.45, 7) is -0.297. The van der Waals surface area contributed by atoms with Gasteiger partial charge in [0.1, 0.15) is 11.4 Å². The first kappa shape index (κ1) is 41.2. The monoisotopic (exact) mass is 853 g/mol. The SMILES string of the molecule is O=C(NCc1ccc(F)c(F)c1)c1cc(C(=O)O)n2ncc(S(=O)(=O)Nc3ccccc3Cl)c2n1.O=C(NCc1ccc(F)c(F)c1)c1cc(C(=O)O)n2nccc2n1. The van der Waals surface area contributed by atoms with Crippen LogP contribution in [0.1, 0.15) is 53.1 Å². The Morgan fingerprint density at radius 1 is 0.678 bits per heavy atom. The number of carboxylic acid groups (broad SMARTS) is 2. The number of aromatic carboxylic acids is 2. The van der Waals surface area contributed by atoms with Crippen LogP contribution < -0.4 is 15.4 Å². The normalized spacial score (nSPS) is 11.1. The van der Waals surface area contributed by atoms with Crippen molar-refractivity contribution >= 4 is 62.4 Å². The molecule has 0 spiro atoms. The van der Waals surface area contributed by atoms with Crippen molar-refractivity contribution in [3.63, 3.8) is 0 Å². The third kappa shape index (κ3) is 9.24. The topological polar surface area (TPSA) is 239 Å². The predicted octanol–water partition coefficient (Wildman–Crippen LogP) is 4.73. The number of halogens is 5. The number of amides is 2. The van der Waals surface area contributed by atoms with Crippen LogP contribution in [0, 0.1) is 23.3 Å². The Morgan fingerprint density at radius 2 is 1.22 bits per heavy atom. The summed E-state index contributed by atoms with van der Waals surface area (Å²) in [7, 11) is -4.35. The molecule has 0 aliphatic heterocycles. The van der Waals surface area contributed by atoms with Crippen molar-refractivity contribution in [3.8, 4) is 0 Å². The fraction of sp³-hybridized carbons (Fsp3) is 0.0556. The van der Waals surface area contributed by atoms with E-state index < -0.39 is 79.0 Å². The lowest BCUT2D eigenvalue weighted by Gasteiger charge is -2.10. The first-order valence-corrected chi connectivity index (χ1v) is 18.3. The lowest BCUT2D eigenvalue weighted by Crippen LogP contribution is -2.25. The highest BCUT2D eigenvalue weighted by Crippen LogP contribution is 2.26. The third-order valence-electron chi connectivity index (χ3n) is 7.98. The maximum atomic E-state index is 13.4. The number of rotatable bonds is 11. The second-order valence-corrected chi connectivity index (χ2v) is 14.0. The van der Waals surface area contributed by atoms with Crippen molar-refractivity contribution in [2.75, 3.05) is 4.72 Å². The van der Waals surface area contributed by atoms with Crippen molar-refractivity contribution in [2.24, 2.45) is 0 Å². The molecule has 0 aliphatic carbocycles. The van der Waals surface area contributed by atoms with Gasteiger partial charge in [-0.15, -0.1) is 0 Å². The van der Waals surface area contributed by atoms with Crippen LogP contribution in [-0.2, 0) is 23.1 Å². The van der Waals surface area contributed by atoms with E-state index in [1.54, 1.807) is 12.1 Å². The Bertz CT molecular complexity index is 2930. The number of carboxylic acids is 2. The molecule has 0 saturated heterocycles. The van der Waals surface area contributed by atoms with Gasteiger partial charge in [0.05, 0.1) is 23.1 Å². The Hall–Kier alpha value is -7.46. The molecule has 5 N–H and O–H groups in total. The molecule has 59 heavy (non-hydrogen) atoms. The maximum Gasteiger partial charge on any atom is 0.354 e. The molecule has 0 bridgehead atoms. The van der Waals surface area contributed by atoms with Gasteiger partial charge in [-0.25, -0.2) is 54.6 Å². The van der Waals surface area contributed by atoms with Crippen molar-refractivity contribution in [2.45, 2.75) is 18.0 Å². The van der Waals surface area contributed by atoms with Crippen LogP contribution in [0.3, 0.4) is 0 Å². The van der Waals surface area contributed by atoms with E-state index in [4.69, 9.17) is 11.6 Å². The maximum absolute atomic E-state index is 13.4. The number of sulfonamides is 1. The number of benzene rings is 3. The molecule has 0 aliphatic rings. The number of hydrogen-bond acceptors (Lipinski definition) is 10. The standard InChI is InChI=1S/C21H14ClF2N5O5S.C15H10F2N4O3/c22-12-3-1-2-4-15(12)28-35(33,34)18-10-26-29-17(21(31)32)8-16(27-19(18)29)20(30)25-9-11-5-6-13(23)14(24)7-11;16-9-2-1-8(5-10(9)17)7-18-14(22)11-6-12(15(23)24)21-13(20-11)3-4-19-21/h1-8,10,28H,9H2,(H,25,30)(H,31,32);1-6H,7H2,(H,18,22)(H,23,24). The molecule has 4 aromatic heterocycles. The largest absolute Gasteiger partial charge is 0.477 e. The molecule has 7 rings (SSSR count). The number of para-hydroxylation sites is 1. The van der Waals surface area contributed by atoms with E-state index in [-0.39, 0.29) is 46.4 Å². The van der Waals surface area contributed by atoms with Gasteiger partial charge in [-0.2, -0.15) is 10.2 Å². The summed E-state index contributed by atoms with van der Waals surface area (Å²) in [6, 6.07) is 15.7. The second kappa shape index (κ2) is 17.0. The minimum absolute atomic E-state index is 0.0624. The van der Waals surface area contributed by atoms with Crippen LogP contribution in [0.4, 0.5) is 23.2 Å². The number of nitrogens with one attached hydrogen (secondary N) is 3. The van der Waals surface area contributed by atoms with Gasteiger partial charge < -0.3 is 20.8 Å². The van der Waals surface area contributed by atoms with E-state index in [9.17, 15) is 55.4 Å². The van der Waals surface area contributed by atoms with Gasteiger partial charge in [0.25, 0.3) is 21.8 Å². The van der Waals surface area contributed by atoms with Gasteiger partial charge in [0.15, 0.2) is 50.8 Å². The highest BCUT2D eigenvalue weighted by molar-refractivity contribution is 7.93. The number of fused-ring (bicyclic) bond motifs is 2. The van der Waals surface area contributed by atoms with Gasteiger partial charge in [-0.05, 0) is 47.5 Å². The van der Waals surface area contributed by atoms with Crippen molar-refractivity contribution < 1.29 is 55.4 Å². The van der Waals surface area contributed by atoms with Crippen LogP contribution in [0.2, 0.25) is 5.02 Å². The molecular formula is C36H24ClF4N9O8S. The molecule has 4 heterocycles. The third-order valence-corrected chi connectivity index (χ3v) is 9.67. The number of hydrogen-bond donors (Lipinski definition) is 5. The number of anilines is 1. The number of nitrogens with zero attached hydrogens (tertiary/aromatic N) is 6. The zero-order valence-electron chi connectivity index (χ0n) is 29.4. The summed E-state index contributed by atoms with van der Waals surface area (Å²) >= 11 is 6.01. The average Bonchev–Trinajstić information content (AvgIpc) is 3.87. The minimum atomic E-state index is -4.35. The first-order chi connectivity index (χ1) is 28.0. The Balaban J connectivity index is 0.000000213. The van der Waals surface area contributed by atoms with Crippen molar-refractivity contribution in [3.05, 3.63) is 153 Å². The van der Waals surface area contributed by atoms with Crippen LogP contribution in [0.25, 0.3) is 11.3 Å². The Morgan fingerprint density at radius 3 is 1.76 bits per heavy atom. The van der Waals surface area contributed by atoms with Gasteiger partial charge in [-0.3, -0.25) is 14.3 Å². The van der Waals surface area contributed by atoms with Crippen LogP contribution in [0.15, 0.2) is 96.2 Å². The van der Waals surface area contributed by atoms with E-state index >= 15 is 0 Å². The summed E-state index contributed by atoms with van der Waals surface area (Å²) in [5, 5.41) is 31.3. The predicted molar refractivity (Wildman–Crippen MR) is 197 cm³/mol. The van der Waals surface area contributed by atoms with Crippen LogP contribution in [-0.4, -0.2) is 71.6 Å². The van der Waals surface area contributed by atoms with Crippen LogP contribution >= 0.6 is 11.6 Å². The number of carbonyl (C=O) groups is 4. The summed E-state index contributed by atoms with van der Waals surface area (Å²) in [5.74, 6) is -8.46. The summed E-state index contributed by atoms with van der Waals surface area (Å²) < 4.78 is 82.6. The molecule has 23 heteroatoms. The molecule has 2 amide bonds. The van der Waals surface area contributed by atoms with Crippen molar-refractivity contribution in [1.29, 1.82) is 0 Å². The molecule has 302 valence electrons. The first-order valence-electron chi connectivity index (χ1n) is 16.4. The molecule has 0 fully saturated rings. The Labute approximate surface area is 333 Å². The number of carbonyl (C=O) groups excluding carboxylic acids is 2. The van der Waals surface area contributed by atoms with E-state index in [1.165, 1.54) is 36.5 Å². The number of aromatic nitrogens is 6. The zero-order chi connectivity index (χ0) is 42.6. The molecule has 0 radical (unpaired) electrons.